The minimum Gasteiger partial charge on any atom is -0.497 e. The molecule has 0 spiro atoms. The molecule has 0 saturated carbocycles. The van der Waals surface area contributed by atoms with Crippen molar-refractivity contribution in [2.45, 2.75) is 19.4 Å². The molecule has 0 atom stereocenters. The third kappa shape index (κ3) is 3.65. The summed E-state index contributed by atoms with van der Waals surface area (Å²) in [7, 11) is 1.66. The van der Waals surface area contributed by atoms with E-state index in [2.05, 4.69) is 0 Å². The smallest absolute Gasteiger partial charge is 0.124 e. The number of ether oxygens (including phenoxy) is 2. The first-order chi connectivity index (χ1) is 9.22. The molecule has 2 rings (SSSR count). The van der Waals surface area contributed by atoms with Gasteiger partial charge in [-0.1, -0.05) is 29.8 Å². The van der Waals surface area contributed by atoms with Crippen molar-refractivity contribution in [1.82, 2.24) is 0 Å². The Balaban J connectivity index is 2.09. The number of alkyl halides is 1. The minimum absolute atomic E-state index is 0.453. The quantitative estimate of drug-likeness (QED) is 0.757. The Morgan fingerprint density at radius 3 is 2.68 bits per heavy atom. The first kappa shape index (κ1) is 13.8. The molecule has 0 aliphatic carbocycles. The standard InChI is InChI=1S/C16H17ClO2/c1-12-6-7-16(14(8-12)10-17)19-11-13-4-3-5-15(9-13)18-2/h3-9H,10-11H2,1-2H3. The van der Waals surface area contributed by atoms with Crippen LogP contribution in [0.3, 0.4) is 0 Å². The van der Waals surface area contributed by atoms with E-state index in [0.717, 1.165) is 22.6 Å². The summed E-state index contributed by atoms with van der Waals surface area (Å²) in [6.07, 6.45) is 0. The van der Waals surface area contributed by atoms with Crippen LogP contribution in [0.4, 0.5) is 0 Å². The molecule has 2 nitrogen and oxygen atoms in total. The van der Waals surface area contributed by atoms with Gasteiger partial charge in [-0.3, -0.25) is 0 Å². The van der Waals surface area contributed by atoms with Gasteiger partial charge in [-0.15, -0.1) is 11.6 Å². The highest BCUT2D eigenvalue weighted by Crippen LogP contribution is 2.23. The summed E-state index contributed by atoms with van der Waals surface area (Å²) >= 11 is 5.93. The second-order valence-corrected chi connectivity index (χ2v) is 4.65. The van der Waals surface area contributed by atoms with Crippen LogP contribution < -0.4 is 9.47 Å². The maximum atomic E-state index is 5.93. The molecular formula is C16H17ClO2. The molecule has 0 aliphatic heterocycles. The fraction of sp³-hybridized carbons (Fsp3) is 0.250. The second-order valence-electron chi connectivity index (χ2n) is 4.39. The fourth-order valence-electron chi connectivity index (χ4n) is 1.88. The van der Waals surface area contributed by atoms with Crippen LogP contribution in [-0.4, -0.2) is 7.11 Å². The number of benzene rings is 2. The molecular weight excluding hydrogens is 260 g/mol. The summed E-state index contributed by atoms with van der Waals surface area (Å²) in [6, 6.07) is 13.9. The lowest BCUT2D eigenvalue weighted by atomic mass is 10.1. The van der Waals surface area contributed by atoms with Crippen molar-refractivity contribution in [1.29, 1.82) is 0 Å². The zero-order valence-corrected chi connectivity index (χ0v) is 11.9. The molecule has 3 heteroatoms. The van der Waals surface area contributed by atoms with Crippen LogP contribution in [0.5, 0.6) is 11.5 Å². The van der Waals surface area contributed by atoms with Gasteiger partial charge in [0.2, 0.25) is 0 Å². The van der Waals surface area contributed by atoms with E-state index in [-0.39, 0.29) is 0 Å². The number of methoxy groups -OCH3 is 1. The molecule has 100 valence electrons. The maximum Gasteiger partial charge on any atom is 0.124 e. The van der Waals surface area contributed by atoms with Crippen LogP contribution in [0.15, 0.2) is 42.5 Å². The highest BCUT2D eigenvalue weighted by Gasteiger charge is 2.04. The van der Waals surface area contributed by atoms with Gasteiger partial charge in [-0.25, -0.2) is 0 Å². The summed E-state index contributed by atoms with van der Waals surface area (Å²) in [5.41, 5.74) is 3.27. The Hall–Kier alpha value is -1.67. The lowest BCUT2D eigenvalue weighted by Gasteiger charge is -2.11. The van der Waals surface area contributed by atoms with Gasteiger partial charge in [0.1, 0.15) is 18.1 Å². The second kappa shape index (κ2) is 6.48. The van der Waals surface area contributed by atoms with Crippen LogP contribution in [0.1, 0.15) is 16.7 Å². The van der Waals surface area contributed by atoms with Crippen LogP contribution in [0.25, 0.3) is 0 Å². The molecule has 2 aromatic rings. The summed E-state index contributed by atoms with van der Waals surface area (Å²) in [4.78, 5) is 0. The zero-order valence-electron chi connectivity index (χ0n) is 11.2. The minimum atomic E-state index is 0.453. The number of hydrogen-bond acceptors (Lipinski definition) is 2. The highest BCUT2D eigenvalue weighted by atomic mass is 35.5. The third-order valence-corrected chi connectivity index (χ3v) is 3.18. The van der Waals surface area contributed by atoms with E-state index in [1.165, 1.54) is 5.56 Å². The van der Waals surface area contributed by atoms with Gasteiger partial charge in [-0.2, -0.15) is 0 Å². The van der Waals surface area contributed by atoms with Crippen molar-refractivity contribution < 1.29 is 9.47 Å². The van der Waals surface area contributed by atoms with Crippen molar-refractivity contribution in [2.75, 3.05) is 7.11 Å². The molecule has 0 bridgehead atoms. The molecule has 0 aliphatic rings. The largest absolute Gasteiger partial charge is 0.497 e. The van der Waals surface area contributed by atoms with E-state index in [9.17, 15) is 0 Å². The summed E-state index contributed by atoms with van der Waals surface area (Å²) in [5.74, 6) is 2.13. The molecule has 0 unspecified atom stereocenters. The number of hydrogen-bond donors (Lipinski definition) is 0. The van der Waals surface area contributed by atoms with Crippen LogP contribution >= 0.6 is 11.6 Å². The molecule has 2 aromatic carbocycles. The Morgan fingerprint density at radius 2 is 1.95 bits per heavy atom. The average Bonchev–Trinajstić information content (AvgIpc) is 2.46. The molecule has 0 fully saturated rings. The molecule has 0 amide bonds. The van der Waals surface area contributed by atoms with E-state index in [1.807, 2.05) is 49.4 Å². The van der Waals surface area contributed by atoms with Crippen molar-refractivity contribution in [3.8, 4) is 11.5 Å². The van der Waals surface area contributed by atoms with Crippen molar-refractivity contribution in [3.05, 3.63) is 59.2 Å². The Bertz CT molecular complexity index is 552. The number of halogens is 1. The SMILES string of the molecule is COc1cccc(COc2ccc(C)cc2CCl)c1. The monoisotopic (exact) mass is 276 g/mol. The maximum absolute atomic E-state index is 5.93. The number of rotatable bonds is 5. The first-order valence-corrected chi connectivity index (χ1v) is 6.67. The Labute approximate surface area is 118 Å². The predicted molar refractivity (Wildman–Crippen MR) is 78.1 cm³/mol. The fourth-order valence-corrected chi connectivity index (χ4v) is 2.09. The van der Waals surface area contributed by atoms with Crippen molar-refractivity contribution in [2.24, 2.45) is 0 Å². The van der Waals surface area contributed by atoms with Gasteiger partial charge >= 0.3 is 0 Å². The van der Waals surface area contributed by atoms with E-state index in [1.54, 1.807) is 7.11 Å². The van der Waals surface area contributed by atoms with E-state index in [0.29, 0.717) is 12.5 Å². The van der Waals surface area contributed by atoms with Gasteiger partial charge < -0.3 is 9.47 Å². The van der Waals surface area contributed by atoms with Crippen LogP contribution in [0, 0.1) is 6.92 Å². The molecule has 0 radical (unpaired) electrons. The molecule has 0 aromatic heterocycles. The summed E-state index contributed by atoms with van der Waals surface area (Å²) < 4.78 is 11.0. The van der Waals surface area contributed by atoms with Gasteiger partial charge in [0.05, 0.1) is 13.0 Å². The average molecular weight is 277 g/mol. The first-order valence-electron chi connectivity index (χ1n) is 6.14. The lowest BCUT2D eigenvalue weighted by Crippen LogP contribution is -1.98. The van der Waals surface area contributed by atoms with Gasteiger partial charge in [-0.05, 0) is 30.7 Å². The van der Waals surface area contributed by atoms with Crippen LogP contribution in [-0.2, 0) is 12.5 Å². The topological polar surface area (TPSA) is 18.5 Å². The number of aryl methyl sites for hydroxylation is 1. The molecule has 0 saturated heterocycles. The normalized spacial score (nSPS) is 10.3. The lowest BCUT2D eigenvalue weighted by molar-refractivity contribution is 0.303. The van der Waals surface area contributed by atoms with Gasteiger partial charge in [0, 0.05) is 5.56 Å². The Morgan fingerprint density at radius 1 is 1.11 bits per heavy atom. The predicted octanol–water partition coefficient (Wildman–Crippen LogP) is 4.32. The molecule has 0 N–H and O–H groups in total. The van der Waals surface area contributed by atoms with E-state index in [4.69, 9.17) is 21.1 Å². The molecule has 0 heterocycles. The Kier molecular flexibility index (Phi) is 4.69. The molecule has 19 heavy (non-hydrogen) atoms. The van der Waals surface area contributed by atoms with Crippen molar-refractivity contribution in [3.63, 3.8) is 0 Å². The summed E-state index contributed by atoms with van der Waals surface area (Å²) in [6.45, 7) is 2.55. The van der Waals surface area contributed by atoms with E-state index < -0.39 is 0 Å². The summed E-state index contributed by atoms with van der Waals surface area (Å²) in [5, 5.41) is 0. The third-order valence-electron chi connectivity index (χ3n) is 2.89. The zero-order chi connectivity index (χ0) is 13.7. The van der Waals surface area contributed by atoms with Crippen molar-refractivity contribution >= 4 is 11.6 Å². The van der Waals surface area contributed by atoms with Gasteiger partial charge in [0.15, 0.2) is 0 Å². The van der Waals surface area contributed by atoms with Gasteiger partial charge in [0.25, 0.3) is 0 Å². The van der Waals surface area contributed by atoms with E-state index >= 15 is 0 Å². The highest BCUT2D eigenvalue weighted by molar-refractivity contribution is 6.17. The van der Waals surface area contributed by atoms with Crippen LogP contribution in [0.2, 0.25) is 0 Å².